The van der Waals surface area contributed by atoms with Crippen molar-refractivity contribution in [3.05, 3.63) is 90.0 Å². The van der Waals surface area contributed by atoms with Crippen LogP contribution in [0.3, 0.4) is 0 Å². The van der Waals surface area contributed by atoms with Gasteiger partial charge in [0.05, 0.1) is 11.3 Å². The Morgan fingerprint density at radius 1 is 0.921 bits per heavy atom. The quantitative estimate of drug-likeness (QED) is 0.363. The number of alkyl carbamates (subject to hydrolysis) is 1. The second-order valence-electron chi connectivity index (χ2n) is 9.92. The van der Waals surface area contributed by atoms with Gasteiger partial charge in [-0.05, 0) is 56.7 Å². The fraction of sp³-hybridized carbons (Fsp3) is 0.233. The van der Waals surface area contributed by atoms with E-state index in [1.807, 2.05) is 78.9 Å². The van der Waals surface area contributed by atoms with Gasteiger partial charge in [0.25, 0.3) is 5.91 Å². The van der Waals surface area contributed by atoms with Crippen LogP contribution in [0.15, 0.2) is 78.9 Å². The van der Waals surface area contributed by atoms with Gasteiger partial charge in [-0.3, -0.25) is 9.59 Å². The zero-order valence-electron chi connectivity index (χ0n) is 22.0. The van der Waals surface area contributed by atoms with Crippen LogP contribution in [0.4, 0.5) is 21.9 Å². The third-order valence-electron chi connectivity index (χ3n) is 5.89. The molecule has 4 rings (SSSR count). The van der Waals surface area contributed by atoms with Crippen LogP contribution in [0.1, 0.15) is 38.3 Å². The normalized spacial score (nSPS) is 13.7. The molecule has 0 unspecified atom stereocenters. The molecule has 8 heteroatoms. The van der Waals surface area contributed by atoms with E-state index in [9.17, 15) is 14.4 Å². The van der Waals surface area contributed by atoms with Gasteiger partial charge in [-0.2, -0.15) is 0 Å². The van der Waals surface area contributed by atoms with Crippen LogP contribution in [0.2, 0.25) is 0 Å². The van der Waals surface area contributed by atoms with Crippen LogP contribution in [-0.4, -0.2) is 37.1 Å². The first-order valence-electron chi connectivity index (χ1n) is 12.4. The zero-order chi connectivity index (χ0) is 27.3. The summed E-state index contributed by atoms with van der Waals surface area (Å²) in [4.78, 5) is 39.0. The van der Waals surface area contributed by atoms with E-state index in [1.54, 1.807) is 27.8 Å². The second-order valence-corrected chi connectivity index (χ2v) is 9.92. The van der Waals surface area contributed by atoms with Crippen LogP contribution in [0.25, 0.3) is 11.3 Å². The molecule has 0 aromatic heterocycles. The van der Waals surface area contributed by atoms with Crippen LogP contribution in [0, 0.1) is 0 Å². The summed E-state index contributed by atoms with van der Waals surface area (Å²) >= 11 is 0. The number of amides is 3. The van der Waals surface area contributed by atoms with Crippen molar-refractivity contribution in [3.8, 4) is 0 Å². The molecule has 38 heavy (non-hydrogen) atoms. The highest BCUT2D eigenvalue weighted by Crippen LogP contribution is 2.37. The number of carbonyl (C=O) groups is 3. The summed E-state index contributed by atoms with van der Waals surface area (Å²) in [7, 11) is 1.69. The lowest BCUT2D eigenvalue weighted by atomic mass is 10.00. The second kappa shape index (κ2) is 11.2. The van der Waals surface area contributed by atoms with Gasteiger partial charge in [0.2, 0.25) is 5.91 Å². The molecule has 0 spiro atoms. The predicted molar refractivity (Wildman–Crippen MR) is 151 cm³/mol. The number of fused-ring (bicyclic) bond motifs is 1. The predicted octanol–water partition coefficient (Wildman–Crippen LogP) is 5.50. The van der Waals surface area contributed by atoms with Gasteiger partial charge in [0, 0.05) is 42.6 Å². The number of hydrogen-bond acceptors (Lipinski definition) is 5. The molecule has 1 aliphatic heterocycles. The number of benzene rings is 3. The minimum atomic E-state index is -0.595. The summed E-state index contributed by atoms with van der Waals surface area (Å²) < 4.78 is 5.19. The maximum Gasteiger partial charge on any atom is 0.407 e. The highest BCUT2D eigenvalue weighted by molar-refractivity contribution is 6.37. The summed E-state index contributed by atoms with van der Waals surface area (Å²) in [6.45, 7) is 5.52. The molecule has 0 bridgehead atoms. The summed E-state index contributed by atoms with van der Waals surface area (Å²) in [5.41, 5.74) is 4.63. The van der Waals surface area contributed by atoms with Gasteiger partial charge in [-0.1, -0.05) is 48.5 Å². The number of carbonyl (C=O) groups excluding carboxylic acids is 3. The molecular formula is C30H32N4O4. The van der Waals surface area contributed by atoms with Crippen molar-refractivity contribution >= 4 is 46.2 Å². The molecule has 1 heterocycles. The number of ether oxygens (including phenoxy) is 1. The van der Waals surface area contributed by atoms with E-state index >= 15 is 0 Å². The van der Waals surface area contributed by atoms with Crippen LogP contribution >= 0.6 is 0 Å². The van der Waals surface area contributed by atoms with Crippen LogP contribution in [0.5, 0.6) is 0 Å². The summed E-state index contributed by atoms with van der Waals surface area (Å²) in [5, 5.41) is 8.97. The standard InChI is InChI=1S/C30H32N4O4/c1-30(2,3)38-29(37)31-19-18-25(35)34(4)22-16-14-21(15-17-22)32-27(20-10-6-5-7-11-20)26-23-12-8-9-13-24(23)33-28(26)36/h5-17,32H,18-19H2,1-4H3,(H,31,37)(H,33,36). The maximum absolute atomic E-state index is 13.0. The van der Waals surface area contributed by atoms with Crippen LogP contribution < -0.4 is 20.9 Å². The minimum absolute atomic E-state index is 0.133. The Morgan fingerprint density at radius 3 is 2.26 bits per heavy atom. The van der Waals surface area contributed by atoms with Crippen molar-refractivity contribution in [1.82, 2.24) is 5.32 Å². The number of rotatable bonds is 7. The van der Waals surface area contributed by atoms with E-state index < -0.39 is 11.7 Å². The van der Waals surface area contributed by atoms with E-state index in [4.69, 9.17) is 4.74 Å². The summed E-state index contributed by atoms with van der Waals surface area (Å²) in [6, 6.07) is 24.7. The molecule has 0 saturated heterocycles. The Labute approximate surface area is 222 Å². The van der Waals surface area contributed by atoms with Gasteiger partial charge in [-0.25, -0.2) is 4.79 Å². The zero-order valence-corrected chi connectivity index (χ0v) is 22.0. The average molecular weight is 513 g/mol. The van der Waals surface area contributed by atoms with Crippen molar-refractivity contribution in [3.63, 3.8) is 0 Å². The Balaban J connectivity index is 1.48. The monoisotopic (exact) mass is 512 g/mol. The fourth-order valence-corrected chi connectivity index (χ4v) is 4.06. The van der Waals surface area contributed by atoms with Gasteiger partial charge in [0.1, 0.15) is 5.60 Å². The first kappa shape index (κ1) is 26.5. The Bertz CT molecular complexity index is 1360. The molecule has 8 nitrogen and oxygen atoms in total. The first-order valence-corrected chi connectivity index (χ1v) is 12.4. The van der Waals surface area contributed by atoms with Gasteiger partial charge < -0.3 is 25.6 Å². The SMILES string of the molecule is CN(C(=O)CCNC(=O)OC(C)(C)C)c1ccc(NC(=C2C(=O)Nc3ccccc32)c2ccccc2)cc1. The number of nitrogens with one attached hydrogen (secondary N) is 3. The largest absolute Gasteiger partial charge is 0.444 e. The summed E-state index contributed by atoms with van der Waals surface area (Å²) in [5.74, 6) is -0.312. The fourth-order valence-electron chi connectivity index (χ4n) is 4.06. The highest BCUT2D eigenvalue weighted by atomic mass is 16.6. The van der Waals surface area contributed by atoms with E-state index in [0.717, 1.165) is 22.5 Å². The smallest absolute Gasteiger partial charge is 0.407 e. The molecule has 3 amide bonds. The molecule has 1 aliphatic rings. The summed E-state index contributed by atoms with van der Waals surface area (Å²) in [6.07, 6.45) is -0.417. The molecule has 0 fully saturated rings. The molecule has 3 aromatic carbocycles. The molecule has 0 radical (unpaired) electrons. The Hall–Kier alpha value is -4.59. The Kier molecular flexibility index (Phi) is 7.81. The highest BCUT2D eigenvalue weighted by Gasteiger charge is 2.28. The molecule has 3 aromatic rings. The number of hydrogen-bond donors (Lipinski definition) is 3. The van der Waals surface area contributed by atoms with E-state index in [2.05, 4.69) is 16.0 Å². The molecule has 0 saturated carbocycles. The van der Waals surface area contributed by atoms with Gasteiger partial charge >= 0.3 is 6.09 Å². The van der Waals surface area contributed by atoms with Crippen molar-refractivity contribution in [1.29, 1.82) is 0 Å². The molecule has 0 aliphatic carbocycles. The first-order chi connectivity index (χ1) is 18.1. The minimum Gasteiger partial charge on any atom is -0.444 e. The Morgan fingerprint density at radius 2 is 1.58 bits per heavy atom. The van der Waals surface area contributed by atoms with Crippen molar-refractivity contribution in [2.24, 2.45) is 0 Å². The van der Waals surface area contributed by atoms with Crippen molar-refractivity contribution in [2.45, 2.75) is 32.8 Å². The maximum atomic E-state index is 13.0. The average Bonchev–Trinajstić information content (AvgIpc) is 3.22. The number of para-hydroxylation sites is 1. The lowest BCUT2D eigenvalue weighted by molar-refractivity contribution is -0.118. The molecule has 0 atom stereocenters. The van der Waals surface area contributed by atoms with E-state index in [-0.39, 0.29) is 24.8 Å². The molecule has 196 valence electrons. The van der Waals surface area contributed by atoms with Crippen LogP contribution in [-0.2, 0) is 14.3 Å². The third kappa shape index (κ3) is 6.39. The topological polar surface area (TPSA) is 99.8 Å². The molecular weight excluding hydrogens is 480 g/mol. The lowest BCUT2D eigenvalue weighted by Crippen LogP contribution is -2.35. The van der Waals surface area contributed by atoms with Gasteiger partial charge in [0.15, 0.2) is 0 Å². The third-order valence-corrected chi connectivity index (χ3v) is 5.89. The number of anilines is 3. The van der Waals surface area contributed by atoms with Crippen molar-refractivity contribution in [2.75, 3.05) is 29.1 Å². The van der Waals surface area contributed by atoms with Gasteiger partial charge in [-0.15, -0.1) is 0 Å². The van der Waals surface area contributed by atoms with E-state index in [1.165, 1.54) is 4.90 Å². The van der Waals surface area contributed by atoms with Crippen molar-refractivity contribution < 1.29 is 19.1 Å². The lowest BCUT2D eigenvalue weighted by Gasteiger charge is -2.21. The molecule has 3 N–H and O–H groups in total. The number of nitrogens with zero attached hydrogens (tertiary/aromatic N) is 1. The van der Waals surface area contributed by atoms with E-state index in [0.29, 0.717) is 17.0 Å².